The number of amides is 1. The molecule has 0 saturated carbocycles. The lowest BCUT2D eigenvalue weighted by Crippen LogP contribution is -2.24. The molecule has 0 bridgehead atoms. The fourth-order valence-corrected chi connectivity index (χ4v) is 2.78. The molecule has 0 saturated heterocycles. The summed E-state index contributed by atoms with van der Waals surface area (Å²) in [6.45, 7) is 5.99. The van der Waals surface area contributed by atoms with E-state index in [1.54, 1.807) is 24.3 Å². The maximum atomic E-state index is 13.0. The number of hydrogen-bond acceptors (Lipinski definition) is 4. The third-order valence-corrected chi connectivity index (χ3v) is 4.29. The molecule has 5 nitrogen and oxygen atoms in total. The lowest BCUT2D eigenvalue weighted by atomic mass is 10.0. The Kier molecular flexibility index (Phi) is 6.44. The molecule has 1 heterocycles. The number of aryl methyl sites for hydroxylation is 1. The number of benzene rings is 2. The van der Waals surface area contributed by atoms with E-state index < -0.39 is 0 Å². The lowest BCUT2D eigenvalue weighted by Gasteiger charge is -2.14. The smallest absolute Gasteiger partial charge is 0.277 e. The van der Waals surface area contributed by atoms with Crippen molar-refractivity contribution >= 4 is 12.1 Å². The molecule has 0 atom stereocenters. The Labute approximate surface area is 169 Å². The van der Waals surface area contributed by atoms with Gasteiger partial charge >= 0.3 is 0 Å². The van der Waals surface area contributed by atoms with E-state index in [2.05, 4.69) is 24.4 Å². The number of nitrogens with zero attached hydrogens (tertiary/aromatic N) is 1. The van der Waals surface area contributed by atoms with Crippen LogP contribution in [0, 0.1) is 12.7 Å². The summed E-state index contributed by atoms with van der Waals surface area (Å²) in [5, 5.41) is 3.89. The number of hydrazone groups is 1. The number of carbonyl (C=O) groups excluding carboxylic acids is 1. The van der Waals surface area contributed by atoms with Gasteiger partial charge in [0.15, 0.2) is 6.61 Å². The summed E-state index contributed by atoms with van der Waals surface area (Å²) in [5.41, 5.74) is 5.29. The SMILES string of the molecule is Cc1ccc(C(C)C)c(OCC(=O)N/N=C\c2ccc(-c3ccc(F)cc3)o2)c1. The molecule has 6 heteroatoms. The van der Waals surface area contributed by atoms with E-state index in [4.69, 9.17) is 9.15 Å². The zero-order valence-electron chi connectivity index (χ0n) is 16.6. The van der Waals surface area contributed by atoms with E-state index in [1.807, 2.05) is 25.1 Å². The van der Waals surface area contributed by atoms with Gasteiger partial charge in [0.2, 0.25) is 0 Å². The van der Waals surface area contributed by atoms with Crippen LogP contribution in [0.3, 0.4) is 0 Å². The number of carbonyl (C=O) groups is 1. The van der Waals surface area contributed by atoms with Gasteiger partial charge in [-0.3, -0.25) is 4.79 Å². The average Bonchev–Trinajstić information content (AvgIpc) is 3.15. The van der Waals surface area contributed by atoms with E-state index in [1.165, 1.54) is 18.3 Å². The fourth-order valence-electron chi connectivity index (χ4n) is 2.78. The molecule has 2 aromatic carbocycles. The van der Waals surface area contributed by atoms with Crippen molar-refractivity contribution in [3.63, 3.8) is 0 Å². The second kappa shape index (κ2) is 9.19. The van der Waals surface area contributed by atoms with Crippen LogP contribution in [0.5, 0.6) is 5.75 Å². The molecule has 0 aliphatic heterocycles. The summed E-state index contributed by atoms with van der Waals surface area (Å²) in [5.74, 6) is 1.36. The molecule has 29 heavy (non-hydrogen) atoms. The first-order valence-corrected chi connectivity index (χ1v) is 9.33. The van der Waals surface area contributed by atoms with Crippen LogP contribution in [-0.4, -0.2) is 18.7 Å². The second-order valence-electron chi connectivity index (χ2n) is 6.99. The number of ether oxygens (including phenoxy) is 1. The first kappa shape index (κ1) is 20.3. The summed E-state index contributed by atoms with van der Waals surface area (Å²) < 4.78 is 24.3. The Bertz CT molecular complexity index is 1010. The van der Waals surface area contributed by atoms with Crippen LogP contribution in [-0.2, 0) is 4.79 Å². The number of hydrogen-bond donors (Lipinski definition) is 1. The van der Waals surface area contributed by atoms with Gasteiger partial charge in [0.1, 0.15) is 23.1 Å². The van der Waals surface area contributed by atoms with E-state index in [0.717, 1.165) is 16.7 Å². The second-order valence-corrected chi connectivity index (χ2v) is 6.99. The first-order valence-electron chi connectivity index (χ1n) is 9.33. The van der Waals surface area contributed by atoms with E-state index in [-0.39, 0.29) is 18.3 Å². The van der Waals surface area contributed by atoms with Gasteiger partial charge in [-0.1, -0.05) is 26.0 Å². The molecule has 3 aromatic rings. The van der Waals surface area contributed by atoms with Crippen LogP contribution >= 0.6 is 0 Å². The standard InChI is InChI=1S/C23H23FN2O3/c1-15(2)20-10-4-16(3)12-22(20)28-14-23(27)26-25-13-19-9-11-21(29-19)17-5-7-18(24)8-6-17/h4-13,15H,14H2,1-3H3,(H,26,27)/b25-13-. The number of halogens is 1. The first-order chi connectivity index (χ1) is 13.9. The Balaban J connectivity index is 1.54. The minimum Gasteiger partial charge on any atom is -0.483 e. The van der Waals surface area contributed by atoms with Crippen LogP contribution in [0.25, 0.3) is 11.3 Å². The summed E-state index contributed by atoms with van der Waals surface area (Å²) in [6.07, 6.45) is 1.40. The number of rotatable bonds is 7. The Hall–Kier alpha value is -3.41. The Morgan fingerprint density at radius 2 is 1.93 bits per heavy atom. The van der Waals surface area contributed by atoms with Gasteiger partial charge in [-0.05, 0) is 66.4 Å². The number of nitrogens with one attached hydrogen (secondary N) is 1. The van der Waals surface area contributed by atoms with Gasteiger partial charge in [-0.2, -0.15) is 5.10 Å². The molecular weight excluding hydrogens is 371 g/mol. The summed E-state index contributed by atoms with van der Waals surface area (Å²) in [4.78, 5) is 12.0. The van der Waals surface area contributed by atoms with Crippen LogP contribution in [0.4, 0.5) is 4.39 Å². The highest BCUT2D eigenvalue weighted by Gasteiger charge is 2.10. The van der Waals surface area contributed by atoms with Crippen LogP contribution in [0.15, 0.2) is 64.1 Å². The predicted molar refractivity (Wildman–Crippen MR) is 111 cm³/mol. The summed E-state index contributed by atoms with van der Waals surface area (Å²) in [7, 11) is 0. The quantitative estimate of drug-likeness (QED) is 0.451. The normalized spacial score (nSPS) is 11.2. The molecule has 0 fully saturated rings. The predicted octanol–water partition coefficient (Wildman–Crippen LogP) is 5.05. The van der Waals surface area contributed by atoms with Crippen molar-refractivity contribution in [3.8, 4) is 17.1 Å². The zero-order valence-corrected chi connectivity index (χ0v) is 16.6. The van der Waals surface area contributed by atoms with Crippen molar-refractivity contribution in [3.05, 3.63) is 77.3 Å². The van der Waals surface area contributed by atoms with Crippen LogP contribution in [0.2, 0.25) is 0 Å². The van der Waals surface area contributed by atoms with Crippen LogP contribution < -0.4 is 10.2 Å². The third-order valence-electron chi connectivity index (χ3n) is 4.29. The molecule has 0 spiro atoms. The van der Waals surface area contributed by atoms with E-state index >= 15 is 0 Å². The van der Waals surface area contributed by atoms with Gasteiger partial charge in [0, 0.05) is 5.56 Å². The van der Waals surface area contributed by atoms with Gasteiger partial charge in [0.05, 0.1) is 6.21 Å². The van der Waals surface area contributed by atoms with E-state index in [0.29, 0.717) is 23.2 Å². The van der Waals surface area contributed by atoms with Crippen molar-refractivity contribution in [2.24, 2.45) is 5.10 Å². The van der Waals surface area contributed by atoms with Crippen molar-refractivity contribution in [1.82, 2.24) is 5.43 Å². The molecule has 150 valence electrons. The average molecular weight is 394 g/mol. The van der Waals surface area contributed by atoms with E-state index in [9.17, 15) is 9.18 Å². The topological polar surface area (TPSA) is 63.8 Å². The van der Waals surface area contributed by atoms with Gasteiger partial charge in [0.25, 0.3) is 5.91 Å². The third kappa shape index (κ3) is 5.54. The molecule has 0 unspecified atom stereocenters. The fraction of sp³-hybridized carbons (Fsp3) is 0.217. The highest BCUT2D eigenvalue weighted by Crippen LogP contribution is 2.27. The van der Waals surface area contributed by atoms with Crippen molar-refractivity contribution in [2.75, 3.05) is 6.61 Å². The molecule has 1 N–H and O–H groups in total. The van der Waals surface area contributed by atoms with Crippen molar-refractivity contribution in [2.45, 2.75) is 26.7 Å². The van der Waals surface area contributed by atoms with Gasteiger partial charge in [-0.25, -0.2) is 9.82 Å². The maximum absolute atomic E-state index is 13.0. The highest BCUT2D eigenvalue weighted by molar-refractivity contribution is 5.81. The monoisotopic (exact) mass is 394 g/mol. The molecule has 0 radical (unpaired) electrons. The number of furan rings is 1. The summed E-state index contributed by atoms with van der Waals surface area (Å²) >= 11 is 0. The van der Waals surface area contributed by atoms with Gasteiger partial charge in [-0.15, -0.1) is 0 Å². The molecule has 3 rings (SSSR count). The van der Waals surface area contributed by atoms with Gasteiger partial charge < -0.3 is 9.15 Å². The largest absolute Gasteiger partial charge is 0.483 e. The minimum atomic E-state index is -0.372. The lowest BCUT2D eigenvalue weighted by molar-refractivity contribution is -0.123. The molecular formula is C23H23FN2O3. The maximum Gasteiger partial charge on any atom is 0.277 e. The Morgan fingerprint density at radius 3 is 2.66 bits per heavy atom. The summed E-state index contributed by atoms with van der Waals surface area (Å²) in [6, 6.07) is 15.4. The van der Waals surface area contributed by atoms with Crippen molar-refractivity contribution in [1.29, 1.82) is 0 Å². The molecule has 0 aliphatic rings. The zero-order chi connectivity index (χ0) is 20.8. The minimum absolute atomic E-state index is 0.139. The molecule has 0 aliphatic carbocycles. The highest BCUT2D eigenvalue weighted by atomic mass is 19.1. The molecule has 1 aromatic heterocycles. The van der Waals surface area contributed by atoms with Crippen molar-refractivity contribution < 1.29 is 18.3 Å². The molecule has 1 amide bonds. The Morgan fingerprint density at radius 1 is 1.17 bits per heavy atom. The van der Waals surface area contributed by atoms with Crippen LogP contribution in [0.1, 0.15) is 36.7 Å².